The first-order valence-corrected chi connectivity index (χ1v) is 14.5. The van der Waals surface area contributed by atoms with E-state index >= 15 is 0 Å². The summed E-state index contributed by atoms with van der Waals surface area (Å²) in [7, 11) is -3.70. The monoisotopic (exact) mass is 520 g/mol. The van der Waals surface area contributed by atoms with E-state index in [1.807, 2.05) is 75.4 Å². The Kier molecular flexibility index (Phi) is 8.11. The molecule has 1 amide bonds. The lowest BCUT2D eigenvalue weighted by molar-refractivity contribution is 0.0942. The van der Waals surface area contributed by atoms with Crippen LogP contribution in [0.5, 0.6) is 0 Å². The van der Waals surface area contributed by atoms with Crippen LogP contribution in [0, 0.1) is 6.92 Å². The van der Waals surface area contributed by atoms with E-state index in [1.165, 1.54) is 21.2 Å². The third-order valence-electron chi connectivity index (χ3n) is 6.13. The molecule has 4 aromatic rings. The molecule has 0 aliphatic rings. The van der Waals surface area contributed by atoms with E-state index in [1.54, 1.807) is 12.1 Å². The highest BCUT2D eigenvalue weighted by molar-refractivity contribution is 7.92. The second-order valence-electron chi connectivity index (χ2n) is 9.12. The molecule has 0 spiro atoms. The number of anilines is 1. The molecule has 0 saturated heterocycles. The zero-order valence-electron chi connectivity index (χ0n) is 20.9. The number of benzene rings is 3. The summed E-state index contributed by atoms with van der Waals surface area (Å²) in [5, 5.41) is 3.96. The number of fused-ring (bicyclic) bond motifs is 1. The average molecular weight is 521 g/mol. The molecule has 0 bridgehead atoms. The molecule has 36 heavy (non-hydrogen) atoms. The van der Waals surface area contributed by atoms with Crippen LogP contribution in [0.25, 0.3) is 10.1 Å². The van der Waals surface area contributed by atoms with Gasteiger partial charge in [-0.1, -0.05) is 55.0 Å². The molecule has 5 nitrogen and oxygen atoms in total. The number of amides is 1. The van der Waals surface area contributed by atoms with Crippen LogP contribution in [0.1, 0.15) is 47.5 Å². The van der Waals surface area contributed by atoms with Gasteiger partial charge in [-0.25, -0.2) is 8.42 Å². The zero-order chi connectivity index (χ0) is 25.7. The van der Waals surface area contributed by atoms with E-state index < -0.39 is 10.0 Å². The van der Waals surface area contributed by atoms with Crippen LogP contribution >= 0.6 is 11.3 Å². The number of thiophene rings is 1. The minimum absolute atomic E-state index is 0.0400. The maximum Gasteiger partial charge on any atom is 0.264 e. The average Bonchev–Trinajstić information content (AvgIpc) is 3.30. The molecule has 4 rings (SSSR count). The molecule has 0 fully saturated rings. The summed E-state index contributed by atoms with van der Waals surface area (Å²) >= 11 is 1.42. The van der Waals surface area contributed by atoms with Crippen LogP contribution in [0.4, 0.5) is 5.69 Å². The van der Waals surface area contributed by atoms with E-state index in [-0.39, 0.29) is 16.8 Å². The van der Waals surface area contributed by atoms with Crippen molar-refractivity contribution in [3.05, 3.63) is 94.9 Å². The predicted molar refractivity (Wildman–Crippen MR) is 150 cm³/mol. The Labute approximate surface area is 217 Å². The molecule has 0 aliphatic carbocycles. The minimum Gasteiger partial charge on any atom is -0.349 e. The van der Waals surface area contributed by atoms with Gasteiger partial charge in [0.05, 0.1) is 15.5 Å². The fraction of sp³-hybridized carbons (Fsp3) is 0.276. The molecule has 1 aromatic heterocycles. The van der Waals surface area contributed by atoms with Gasteiger partial charge in [0, 0.05) is 17.3 Å². The van der Waals surface area contributed by atoms with Gasteiger partial charge in [-0.15, -0.1) is 11.3 Å². The minimum atomic E-state index is -3.70. The highest BCUT2D eigenvalue weighted by Crippen LogP contribution is 2.32. The van der Waals surface area contributed by atoms with Gasteiger partial charge in [0.1, 0.15) is 0 Å². The fourth-order valence-electron chi connectivity index (χ4n) is 4.12. The Morgan fingerprint density at radius 3 is 2.42 bits per heavy atom. The molecule has 1 N–H and O–H groups in total. The van der Waals surface area contributed by atoms with Crippen molar-refractivity contribution < 1.29 is 13.2 Å². The topological polar surface area (TPSA) is 66.5 Å². The Morgan fingerprint density at radius 1 is 1.00 bits per heavy atom. The van der Waals surface area contributed by atoms with Crippen molar-refractivity contribution in [2.75, 3.05) is 10.8 Å². The van der Waals surface area contributed by atoms with Gasteiger partial charge < -0.3 is 5.32 Å². The van der Waals surface area contributed by atoms with Crippen LogP contribution in [-0.2, 0) is 16.4 Å². The predicted octanol–water partition coefficient (Wildman–Crippen LogP) is 6.57. The molecule has 7 heteroatoms. The molecule has 0 radical (unpaired) electrons. The normalized spacial score (nSPS) is 12.4. The lowest BCUT2D eigenvalue weighted by Gasteiger charge is -2.24. The standard InChI is InChI=1S/C29H32N2O3S2/c1-4-18-31(36(33,34)26-15-10-21(2)11-16-26)25-14-17-27-24(19-25)20-28(35-27)29(32)30-22(3)12-13-23-8-6-5-7-9-23/h5-11,14-17,19-20,22H,4,12-13,18H2,1-3H3,(H,30,32)/t22-/m0/s1. The highest BCUT2D eigenvalue weighted by atomic mass is 32.2. The molecular weight excluding hydrogens is 488 g/mol. The lowest BCUT2D eigenvalue weighted by atomic mass is 10.1. The summed E-state index contributed by atoms with van der Waals surface area (Å²) in [6.07, 6.45) is 2.44. The fourth-order valence-corrected chi connectivity index (χ4v) is 6.62. The number of nitrogens with zero attached hydrogens (tertiary/aromatic N) is 1. The first kappa shape index (κ1) is 25.9. The van der Waals surface area contributed by atoms with Crippen molar-refractivity contribution in [3.63, 3.8) is 0 Å². The van der Waals surface area contributed by atoms with E-state index in [2.05, 4.69) is 17.4 Å². The van der Waals surface area contributed by atoms with E-state index in [0.29, 0.717) is 23.5 Å². The lowest BCUT2D eigenvalue weighted by Crippen LogP contribution is -2.32. The summed E-state index contributed by atoms with van der Waals surface area (Å²) in [6, 6.07) is 24.6. The van der Waals surface area contributed by atoms with Gasteiger partial charge in [0.25, 0.3) is 15.9 Å². The quantitative estimate of drug-likeness (QED) is 0.257. The molecule has 0 aliphatic heterocycles. The molecule has 0 saturated carbocycles. The van der Waals surface area contributed by atoms with E-state index in [4.69, 9.17) is 0 Å². The molecule has 0 unspecified atom stereocenters. The third kappa shape index (κ3) is 5.97. The summed E-state index contributed by atoms with van der Waals surface area (Å²) in [5.41, 5.74) is 2.87. The van der Waals surface area contributed by atoms with Crippen molar-refractivity contribution in [1.82, 2.24) is 5.32 Å². The second-order valence-corrected chi connectivity index (χ2v) is 12.1. The smallest absolute Gasteiger partial charge is 0.264 e. The Morgan fingerprint density at radius 2 is 1.72 bits per heavy atom. The maximum atomic E-state index is 13.4. The number of hydrogen-bond acceptors (Lipinski definition) is 4. The van der Waals surface area contributed by atoms with Gasteiger partial charge in [-0.05, 0) is 80.5 Å². The number of hydrogen-bond donors (Lipinski definition) is 1. The Hall–Kier alpha value is -3.16. The van der Waals surface area contributed by atoms with Gasteiger partial charge in [0.15, 0.2) is 0 Å². The number of carbonyl (C=O) groups excluding carboxylic acids is 1. The van der Waals surface area contributed by atoms with Crippen molar-refractivity contribution in [2.45, 2.75) is 51.0 Å². The first-order valence-electron chi connectivity index (χ1n) is 12.3. The summed E-state index contributed by atoms with van der Waals surface area (Å²) in [5.74, 6) is -0.101. The molecular formula is C29H32N2O3S2. The van der Waals surface area contributed by atoms with Crippen LogP contribution in [0.2, 0.25) is 0 Å². The van der Waals surface area contributed by atoms with Gasteiger partial charge in [-0.3, -0.25) is 9.10 Å². The first-order chi connectivity index (χ1) is 17.3. The van der Waals surface area contributed by atoms with E-state index in [0.717, 1.165) is 28.5 Å². The zero-order valence-corrected chi connectivity index (χ0v) is 22.5. The SMILES string of the molecule is CCCN(c1ccc2sc(C(=O)N[C@@H](C)CCc3ccccc3)cc2c1)S(=O)(=O)c1ccc(C)cc1. The van der Waals surface area contributed by atoms with Crippen molar-refractivity contribution in [1.29, 1.82) is 0 Å². The summed E-state index contributed by atoms with van der Waals surface area (Å²) < 4.78 is 29.3. The largest absolute Gasteiger partial charge is 0.349 e. The molecule has 3 aromatic carbocycles. The summed E-state index contributed by atoms with van der Waals surface area (Å²) in [6.45, 7) is 6.29. The second kappa shape index (κ2) is 11.3. The number of rotatable bonds is 10. The van der Waals surface area contributed by atoms with Crippen molar-refractivity contribution >= 4 is 43.0 Å². The van der Waals surface area contributed by atoms with Gasteiger partial charge in [-0.2, -0.15) is 0 Å². The van der Waals surface area contributed by atoms with Crippen LogP contribution in [0.3, 0.4) is 0 Å². The molecule has 1 heterocycles. The van der Waals surface area contributed by atoms with Crippen molar-refractivity contribution in [3.8, 4) is 0 Å². The third-order valence-corrected chi connectivity index (χ3v) is 9.09. The number of carbonyl (C=O) groups is 1. The summed E-state index contributed by atoms with van der Waals surface area (Å²) in [4.78, 5) is 13.8. The maximum absolute atomic E-state index is 13.4. The van der Waals surface area contributed by atoms with Crippen LogP contribution in [0.15, 0.2) is 83.8 Å². The van der Waals surface area contributed by atoms with Gasteiger partial charge >= 0.3 is 0 Å². The van der Waals surface area contributed by atoms with E-state index in [9.17, 15) is 13.2 Å². The van der Waals surface area contributed by atoms with Crippen LogP contribution < -0.4 is 9.62 Å². The number of aryl methyl sites for hydroxylation is 2. The highest BCUT2D eigenvalue weighted by Gasteiger charge is 2.25. The molecule has 1 atom stereocenters. The number of nitrogens with one attached hydrogen (secondary N) is 1. The van der Waals surface area contributed by atoms with Crippen LogP contribution in [-0.4, -0.2) is 26.9 Å². The van der Waals surface area contributed by atoms with Crippen molar-refractivity contribution in [2.24, 2.45) is 0 Å². The Balaban J connectivity index is 1.52. The molecule has 188 valence electrons. The van der Waals surface area contributed by atoms with Gasteiger partial charge in [0.2, 0.25) is 0 Å². The number of sulfonamides is 1. The Bertz CT molecular complexity index is 1430.